The van der Waals surface area contributed by atoms with Gasteiger partial charge in [0.25, 0.3) is 0 Å². The van der Waals surface area contributed by atoms with Crippen LogP contribution in [0.5, 0.6) is 0 Å². The molecule has 2 rings (SSSR count). The number of nitrogens with one attached hydrogen (secondary N) is 1. The molecule has 2 heterocycles. The maximum atomic E-state index is 11.4. The molecule has 1 fully saturated rings. The van der Waals surface area contributed by atoms with Crippen LogP contribution in [0.1, 0.15) is 35.0 Å². The number of hydrogen-bond acceptors (Lipinski definition) is 5. The molecule has 0 bridgehead atoms. The topological polar surface area (TPSA) is 59.1 Å². The molecule has 0 aromatic carbocycles. The zero-order chi connectivity index (χ0) is 12.6. The number of nitrogens with zero attached hydrogens (tertiary/aromatic N) is 1. The van der Waals surface area contributed by atoms with Crippen LogP contribution in [0.2, 0.25) is 0 Å². The molecule has 1 aromatic heterocycles. The zero-order valence-corrected chi connectivity index (χ0v) is 12.0. The predicted octanol–water partition coefficient (Wildman–Crippen LogP) is 1.60. The third-order valence-corrected chi connectivity index (χ3v) is 5.74. The third kappa shape index (κ3) is 3.05. The summed E-state index contributed by atoms with van der Waals surface area (Å²) in [7, 11) is -2.81. The van der Waals surface area contributed by atoms with Crippen LogP contribution in [0.25, 0.3) is 0 Å². The van der Waals surface area contributed by atoms with Crippen molar-refractivity contribution in [2.24, 2.45) is 0 Å². The van der Waals surface area contributed by atoms with Gasteiger partial charge in [0.15, 0.2) is 9.84 Å². The van der Waals surface area contributed by atoms with Crippen LogP contribution in [-0.2, 0) is 9.84 Å². The minimum Gasteiger partial charge on any atom is -0.305 e. The number of hydrogen-bond donors (Lipinski definition) is 1. The van der Waals surface area contributed by atoms with Gasteiger partial charge in [0.05, 0.1) is 22.2 Å². The van der Waals surface area contributed by atoms with Crippen molar-refractivity contribution in [3.8, 4) is 0 Å². The fraction of sp³-hybridized carbons (Fsp3) is 0.727. The lowest BCUT2D eigenvalue weighted by atomic mass is 10.1. The second-order valence-electron chi connectivity index (χ2n) is 4.66. The van der Waals surface area contributed by atoms with Gasteiger partial charge in [-0.25, -0.2) is 13.4 Å². The van der Waals surface area contributed by atoms with Crippen LogP contribution >= 0.6 is 11.3 Å². The van der Waals surface area contributed by atoms with E-state index in [0.29, 0.717) is 5.75 Å². The summed E-state index contributed by atoms with van der Waals surface area (Å²) in [6.07, 6.45) is 0.717. The average Bonchev–Trinajstić information content (AvgIpc) is 2.69. The van der Waals surface area contributed by atoms with E-state index in [-0.39, 0.29) is 17.8 Å². The molecule has 0 spiro atoms. The van der Waals surface area contributed by atoms with Gasteiger partial charge in [-0.2, -0.15) is 0 Å². The van der Waals surface area contributed by atoms with E-state index in [4.69, 9.17) is 0 Å². The smallest absolute Gasteiger partial charge is 0.151 e. The highest BCUT2D eigenvalue weighted by atomic mass is 32.2. The second kappa shape index (κ2) is 4.66. The van der Waals surface area contributed by atoms with E-state index in [1.807, 2.05) is 13.8 Å². The molecule has 2 unspecified atom stereocenters. The molecule has 0 aliphatic carbocycles. The Balaban J connectivity index is 2.03. The Hall–Kier alpha value is -0.460. The molecule has 1 N–H and O–H groups in total. The van der Waals surface area contributed by atoms with Crippen molar-refractivity contribution >= 4 is 21.2 Å². The Morgan fingerprint density at radius 3 is 2.65 bits per heavy atom. The molecule has 1 aliphatic rings. The molecule has 17 heavy (non-hydrogen) atoms. The first-order chi connectivity index (χ1) is 7.87. The minimum atomic E-state index is -2.81. The lowest BCUT2D eigenvalue weighted by Gasteiger charge is -2.17. The number of aromatic nitrogens is 1. The highest BCUT2D eigenvalue weighted by Gasteiger charge is 2.29. The molecule has 0 radical (unpaired) electrons. The fourth-order valence-corrected chi connectivity index (χ4v) is 4.91. The molecule has 2 atom stereocenters. The van der Waals surface area contributed by atoms with E-state index in [9.17, 15) is 8.42 Å². The molecule has 6 heteroatoms. The predicted molar refractivity (Wildman–Crippen MR) is 70.2 cm³/mol. The van der Waals surface area contributed by atoms with Crippen LogP contribution in [0.4, 0.5) is 0 Å². The number of sulfone groups is 1. The van der Waals surface area contributed by atoms with E-state index in [1.165, 1.54) is 4.88 Å². The first-order valence-corrected chi connectivity index (χ1v) is 8.41. The van der Waals surface area contributed by atoms with Crippen molar-refractivity contribution in [2.75, 3.05) is 11.5 Å². The zero-order valence-electron chi connectivity index (χ0n) is 10.4. The first kappa shape index (κ1) is 13.0. The molecule has 1 aliphatic heterocycles. The molecule has 96 valence electrons. The Morgan fingerprint density at radius 2 is 2.18 bits per heavy atom. The highest BCUT2D eigenvalue weighted by molar-refractivity contribution is 7.91. The van der Waals surface area contributed by atoms with Crippen molar-refractivity contribution in [3.63, 3.8) is 0 Å². The highest BCUT2D eigenvalue weighted by Crippen LogP contribution is 2.24. The largest absolute Gasteiger partial charge is 0.305 e. The van der Waals surface area contributed by atoms with Gasteiger partial charge in [-0.3, -0.25) is 0 Å². The van der Waals surface area contributed by atoms with Gasteiger partial charge in [-0.15, -0.1) is 11.3 Å². The third-order valence-electron chi connectivity index (χ3n) is 3.07. The first-order valence-electron chi connectivity index (χ1n) is 5.78. The molecule has 1 saturated heterocycles. The summed E-state index contributed by atoms with van der Waals surface area (Å²) in [5.74, 6) is 0.575. The number of thiazole rings is 1. The Bertz CT molecular complexity index is 508. The van der Waals surface area contributed by atoms with Gasteiger partial charge in [0, 0.05) is 17.0 Å². The van der Waals surface area contributed by atoms with Gasteiger partial charge >= 0.3 is 0 Å². The van der Waals surface area contributed by atoms with E-state index in [1.54, 1.807) is 11.3 Å². The summed E-state index contributed by atoms with van der Waals surface area (Å²) in [6.45, 7) is 6.10. The van der Waals surface area contributed by atoms with Gasteiger partial charge in [0.1, 0.15) is 0 Å². The van der Waals surface area contributed by atoms with E-state index < -0.39 is 9.84 Å². The van der Waals surface area contributed by atoms with Crippen LogP contribution in [0.15, 0.2) is 0 Å². The molecule has 0 saturated carbocycles. The monoisotopic (exact) mass is 274 g/mol. The fourth-order valence-electron chi connectivity index (χ4n) is 2.31. The van der Waals surface area contributed by atoms with Gasteiger partial charge in [0.2, 0.25) is 0 Å². The number of rotatable bonds is 3. The summed E-state index contributed by atoms with van der Waals surface area (Å²) in [6, 6.07) is 0.203. The Morgan fingerprint density at radius 1 is 1.47 bits per heavy atom. The summed E-state index contributed by atoms with van der Waals surface area (Å²) in [4.78, 5) is 5.71. The SMILES string of the molecule is Cc1nc(C(C)NC2CCS(=O)(=O)C2)c(C)s1. The van der Waals surface area contributed by atoms with Crippen LogP contribution in [0, 0.1) is 13.8 Å². The summed E-state index contributed by atoms with van der Waals surface area (Å²) >= 11 is 1.69. The van der Waals surface area contributed by atoms with Gasteiger partial charge < -0.3 is 5.32 Å². The summed E-state index contributed by atoms with van der Waals surface area (Å²) in [5.41, 5.74) is 1.05. The van der Waals surface area contributed by atoms with Crippen molar-refractivity contribution in [3.05, 3.63) is 15.6 Å². The molecule has 4 nitrogen and oxygen atoms in total. The van der Waals surface area contributed by atoms with E-state index in [2.05, 4.69) is 17.2 Å². The lowest BCUT2D eigenvalue weighted by Crippen LogP contribution is -2.32. The lowest BCUT2D eigenvalue weighted by molar-refractivity contribution is 0.477. The van der Waals surface area contributed by atoms with Gasteiger partial charge in [-0.05, 0) is 27.2 Å². The van der Waals surface area contributed by atoms with Gasteiger partial charge in [-0.1, -0.05) is 0 Å². The normalized spacial score (nSPS) is 25.0. The maximum Gasteiger partial charge on any atom is 0.151 e. The molecule has 1 aromatic rings. The molecular weight excluding hydrogens is 256 g/mol. The average molecular weight is 274 g/mol. The Kier molecular flexibility index (Phi) is 3.56. The summed E-state index contributed by atoms with van der Waals surface area (Å²) in [5, 5.41) is 4.43. The van der Waals surface area contributed by atoms with Crippen LogP contribution in [-0.4, -0.2) is 30.9 Å². The van der Waals surface area contributed by atoms with Crippen molar-refractivity contribution in [1.29, 1.82) is 0 Å². The molecular formula is C11H18N2O2S2. The number of aryl methyl sites for hydroxylation is 2. The molecule has 0 amide bonds. The maximum absolute atomic E-state index is 11.4. The van der Waals surface area contributed by atoms with Crippen molar-refractivity contribution in [1.82, 2.24) is 10.3 Å². The van der Waals surface area contributed by atoms with Crippen LogP contribution < -0.4 is 5.32 Å². The second-order valence-corrected chi connectivity index (χ2v) is 8.30. The van der Waals surface area contributed by atoms with E-state index >= 15 is 0 Å². The quantitative estimate of drug-likeness (QED) is 0.909. The minimum absolute atomic E-state index is 0.0800. The van der Waals surface area contributed by atoms with Crippen molar-refractivity contribution < 1.29 is 8.42 Å². The van der Waals surface area contributed by atoms with E-state index in [0.717, 1.165) is 17.1 Å². The van der Waals surface area contributed by atoms with Crippen molar-refractivity contribution in [2.45, 2.75) is 39.3 Å². The standard InChI is InChI=1S/C11H18N2O2S2/c1-7(11-8(2)16-9(3)13-11)12-10-4-5-17(14,15)6-10/h7,10,12H,4-6H2,1-3H3. The summed E-state index contributed by atoms with van der Waals surface area (Å²) < 4.78 is 22.8. The van der Waals surface area contributed by atoms with Crippen LogP contribution in [0.3, 0.4) is 0 Å². The Labute approximate surface area is 106 Å².